The third-order valence-corrected chi connectivity index (χ3v) is 7.48. The maximum Gasteiger partial charge on any atom is 0.336 e. The molecule has 2 bridgehead atoms. The molecule has 2 fully saturated rings. The second-order valence-corrected chi connectivity index (χ2v) is 10.4. The first-order chi connectivity index (χ1) is 19.8. The molecule has 0 saturated carbocycles. The molecule has 11 nitrogen and oxygen atoms in total. The van der Waals surface area contributed by atoms with E-state index in [0.717, 1.165) is 24.9 Å². The van der Waals surface area contributed by atoms with Gasteiger partial charge in [0.1, 0.15) is 12.4 Å². The number of ether oxygens (including phenoxy) is 2. The maximum absolute atomic E-state index is 14.3. The van der Waals surface area contributed by atoms with Crippen LogP contribution in [0.15, 0.2) is 42.5 Å². The van der Waals surface area contributed by atoms with Gasteiger partial charge in [-0.3, -0.25) is 14.5 Å². The topological polar surface area (TPSA) is 174 Å². The predicted octanol–water partition coefficient (Wildman–Crippen LogP) is 2.61. The molecule has 2 aliphatic rings. The average Bonchev–Trinajstić information content (AvgIpc) is 3.15. The summed E-state index contributed by atoms with van der Waals surface area (Å²) >= 11 is 0. The minimum atomic E-state index is -2.74. The van der Waals surface area contributed by atoms with Crippen molar-refractivity contribution in [2.75, 3.05) is 13.7 Å². The predicted molar refractivity (Wildman–Crippen MR) is 146 cm³/mol. The summed E-state index contributed by atoms with van der Waals surface area (Å²) in [5.41, 5.74) is -2.30. The van der Waals surface area contributed by atoms with E-state index in [4.69, 9.17) is 36.3 Å². The highest BCUT2D eigenvalue weighted by atomic mass is 19.1. The lowest BCUT2D eigenvalue weighted by molar-refractivity contribution is -0.170. The van der Waals surface area contributed by atoms with E-state index in [-0.39, 0.29) is 24.5 Å². The molecule has 0 spiro atoms. The fourth-order valence-corrected chi connectivity index (χ4v) is 5.61. The zero-order chi connectivity index (χ0) is 31.1. The number of fused-ring (bicyclic) bond motifs is 2. The first kappa shape index (κ1) is 32.3. The van der Waals surface area contributed by atoms with Gasteiger partial charge in [0, 0.05) is 24.2 Å². The van der Waals surface area contributed by atoms with Crippen LogP contribution in [0.25, 0.3) is 0 Å². The summed E-state index contributed by atoms with van der Waals surface area (Å²) in [5, 5.41) is 45.1. The number of benzene rings is 2. The van der Waals surface area contributed by atoms with E-state index in [2.05, 4.69) is 10.8 Å². The highest BCUT2D eigenvalue weighted by Gasteiger charge is 2.49. The molecule has 2 unspecified atom stereocenters. The maximum atomic E-state index is 14.3. The first-order valence-electron chi connectivity index (χ1n) is 13.2. The summed E-state index contributed by atoms with van der Waals surface area (Å²) in [6.45, 7) is 0.953. The number of aliphatic hydroxyl groups is 2. The number of methoxy groups -OCH3 is 1. The average molecular weight is 588 g/mol. The van der Waals surface area contributed by atoms with E-state index in [9.17, 15) is 23.9 Å². The smallest absolute Gasteiger partial charge is 0.336 e. The zero-order valence-electron chi connectivity index (χ0n) is 23.0. The van der Waals surface area contributed by atoms with Crippen LogP contribution in [0.4, 0.5) is 4.39 Å². The van der Waals surface area contributed by atoms with Crippen LogP contribution >= 0.6 is 0 Å². The van der Waals surface area contributed by atoms with E-state index >= 15 is 0 Å². The number of piperidine rings is 1. The number of rotatable bonds is 11. The van der Waals surface area contributed by atoms with Crippen molar-refractivity contribution in [3.8, 4) is 23.8 Å². The number of carboxylic acid groups (broad SMARTS) is 3. The molecule has 226 valence electrons. The van der Waals surface area contributed by atoms with Crippen molar-refractivity contribution < 1.29 is 53.8 Å². The monoisotopic (exact) mass is 587 g/mol. The molecule has 4 rings (SSSR count). The molecule has 2 aromatic rings. The van der Waals surface area contributed by atoms with Gasteiger partial charge in [0.15, 0.2) is 17.1 Å². The fourth-order valence-electron chi connectivity index (χ4n) is 5.61. The van der Waals surface area contributed by atoms with Crippen LogP contribution in [0, 0.1) is 18.2 Å². The lowest BCUT2D eigenvalue weighted by Gasteiger charge is -2.44. The highest BCUT2D eigenvalue weighted by Crippen LogP contribution is 2.47. The Balaban J connectivity index is 0.000000316. The lowest BCUT2D eigenvalue weighted by Crippen LogP contribution is -2.49. The van der Waals surface area contributed by atoms with E-state index in [0.29, 0.717) is 29.9 Å². The first-order valence-corrected chi connectivity index (χ1v) is 13.2. The summed E-state index contributed by atoms with van der Waals surface area (Å²) in [4.78, 5) is 32.9. The molecule has 42 heavy (non-hydrogen) atoms. The molecular weight excluding hydrogens is 553 g/mol. The standard InChI is InChI=1S/C24H26FNO3.C6H8O7/c1-3-12-29-22-11-8-17(13-23(22)28-2)16-26-18-9-10-19(26)15-24(27,14-18)20-6-4-5-7-21(20)25;7-3(8)1-6(13,5(11)12)2-4(9)10/h1,4-8,11,13,18-19,27H,9-10,12,14-16H2,2H3;13H,1-2H2,(H,7,8)(H,9,10)(H,11,12). The Morgan fingerprint density at radius 1 is 1.05 bits per heavy atom. The Bertz CT molecular complexity index is 1310. The lowest BCUT2D eigenvalue weighted by atomic mass is 9.80. The highest BCUT2D eigenvalue weighted by molar-refractivity contribution is 5.88. The van der Waals surface area contributed by atoms with Crippen LogP contribution in [0.3, 0.4) is 0 Å². The van der Waals surface area contributed by atoms with Crippen molar-refractivity contribution in [2.24, 2.45) is 0 Å². The van der Waals surface area contributed by atoms with Gasteiger partial charge < -0.3 is 35.0 Å². The second-order valence-electron chi connectivity index (χ2n) is 10.4. The van der Waals surface area contributed by atoms with Crippen LogP contribution in [0.2, 0.25) is 0 Å². The molecule has 0 aromatic heterocycles. The fraction of sp³-hybridized carbons (Fsp3) is 0.433. The third-order valence-electron chi connectivity index (χ3n) is 7.48. The summed E-state index contributed by atoms with van der Waals surface area (Å²) < 4.78 is 25.3. The molecule has 2 aliphatic heterocycles. The molecule has 0 aliphatic carbocycles. The molecule has 12 heteroatoms. The quantitative estimate of drug-likeness (QED) is 0.245. The number of hydrogen-bond donors (Lipinski definition) is 5. The summed E-state index contributed by atoms with van der Waals surface area (Å²) in [6, 6.07) is 12.9. The molecule has 0 radical (unpaired) electrons. The molecular formula is C30H34FNO10. The second kappa shape index (κ2) is 13.7. The number of carbonyl (C=O) groups is 3. The van der Waals surface area contributed by atoms with Crippen LogP contribution in [-0.4, -0.2) is 79.7 Å². The van der Waals surface area contributed by atoms with E-state index in [1.165, 1.54) is 6.07 Å². The summed E-state index contributed by atoms with van der Waals surface area (Å²) in [5.74, 6) is -1.60. The van der Waals surface area contributed by atoms with Gasteiger partial charge in [0.05, 0.1) is 25.6 Å². The molecule has 2 heterocycles. The zero-order valence-corrected chi connectivity index (χ0v) is 23.0. The van der Waals surface area contributed by atoms with Gasteiger partial charge in [0.25, 0.3) is 0 Å². The van der Waals surface area contributed by atoms with Crippen molar-refractivity contribution in [3.05, 3.63) is 59.4 Å². The number of carboxylic acids is 3. The van der Waals surface area contributed by atoms with Crippen molar-refractivity contribution in [2.45, 2.75) is 68.4 Å². The SMILES string of the molecule is C#CCOc1ccc(CN2C3CCC2CC(O)(c2ccccc2F)C3)cc1OC.O=C(O)CC(O)(CC(=O)O)C(=O)O. The van der Waals surface area contributed by atoms with Gasteiger partial charge in [-0.25, -0.2) is 9.18 Å². The van der Waals surface area contributed by atoms with Crippen molar-refractivity contribution in [3.63, 3.8) is 0 Å². The molecule has 2 aromatic carbocycles. The van der Waals surface area contributed by atoms with Crippen molar-refractivity contribution in [1.29, 1.82) is 0 Å². The van der Waals surface area contributed by atoms with Crippen LogP contribution in [0.1, 0.15) is 49.7 Å². The minimum Gasteiger partial charge on any atom is -0.493 e. The van der Waals surface area contributed by atoms with Gasteiger partial charge >= 0.3 is 17.9 Å². The Morgan fingerprint density at radius 3 is 2.14 bits per heavy atom. The van der Waals surface area contributed by atoms with Gasteiger partial charge in [-0.1, -0.05) is 30.2 Å². The molecule has 5 N–H and O–H groups in total. The van der Waals surface area contributed by atoms with Gasteiger partial charge in [-0.15, -0.1) is 6.42 Å². The van der Waals surface area contributed by atoms with Gasteiger partial charge in [-0.05, 0) is 49.4 Å². The normalized spacial score (nSPS) is 21.4. The van der Waals surface area contributed by atoms with Gasteiger partial charge in [-0.2, -0.15) is 0 Å². The van der Waals surface area contributed by atoms with E-state index in [1.807, 2.05) is 18.2 Å². The van der Waals surface area contributed by atoms with E-state index < -0.39 is 42.0 Å². The number of aliphatic carboxylic acids is 3. The summed E-state index contributed by atoms with van der Waals surface area (Å²) in [7, 11) is 1.61. The number of hydrogen-bond acceptors (Lipinski definition) is 8. The Hall–Kier alpha value is -4.18. The molecule has 2 atom stereocenters. The third kappa shape index (κ3) is 7.76. The number of terminal acetylenes is 1. The molecule has 2 saturated heterocycles. The van der Waals surface area contributed by atoms with Gasteiger partial charge in [0.2, 0.25) is 0 Å². The van der Waals surface area contributed by atoms with E-state index in [1.54, 1.807) is 25.3 Å². The van der Waals surface area contributed by atoms with Crippen molar-refractivity contribution >= 4 is 17.9 Å². The van der Waals surface area contributed by atoms with Crippen molar-refractivity contribution in [1.82, 2.24) is 4.90 Å². The largest absolute Gasteiger partial charge is 0.493 e. The Kier molecular flexibility index (Phi) is 10.5. The Morgan fingerprint density at radius 2 is 1.64 bits per heavy atom. The number of halogens is 1. The van der Waals surface area contributed by atoms with Crippen LogP contribution < -0.4 is 9.47 Å². The molecule has 0 amide bonds. The van der Waals surface area contributed by atoms with Crippen LogP contribution in [-0.2, 0) is 26.5 Å². The van der Waals surface area contributed by atoms with Crippen LogP contribution in [0.5, 0.6) is 11.5 Å². The minimum absolute atomic E-state index is 0.195. The summed E-state index contributed by atoms with van der Waals surface area (Å²) in [6.07, 6.45) is 6.10. The number of nitrogens with zero attached hydrogens (tertiary/aromatic N) is 1. The Labute approximate surface area is 242 Å².